The number of imidazole rings is 1. The van der Waals surface area contributed by atoms with Gasteiger partial charge in [-0.25, -0.2) is 15.0 Å². The van der Waals surface area contributed by atoms with Crippen molar-refractivity contribution in [1.82, 2.24) is 24.4 Å². The van der Waals surface area contributed by atoms with Gasteiger partial charge in [0.2, 0.25) is 0 Å². The van der Waals surface area contributed by atoms with Crippen LogP contribution in [0.1, 0.15) is 29.9 Å². The van der Waals surface area contributed by atoms with Crippen LogP contribution in [0.3, 0.4) is 0 Å². The molecule has 0 N–H and O–H groups in total. The summed E-state index contributed by atoms with van der Waals surface area (Å²) in [6.45, 7) is 3.60. The van der Waals surface area contributed by atoms with Crippen LogP contribution in [0.2, 0.25) is 0 Å². The third kappa shape index (κ3) is 3.12. The monoisotopic (exact) mass is 375 g/mol. The molecule has 28 heavy (non-hydrogen) atoms. The van der Waals surface area contributed by atoms with Crippen molar-refractivity contribution in [3.05, 3.63) is 66.0 Å². The average Bonchev–Trinajstić information content (AvgIpc) is 3.15. The number of likely N-dealkylation sites (tertiary alicyclic amines) is 1. The number of nitrogens with zero attached hydrogens (tertiary/aromatic N) is 5. The number of rotatable bonds is 3. The highest BCUT2D eigenvalue weighted by Crippen LogP contribution is 2.41. The number of ether oxygens (including phenoxy) is 1. The Bertz CT molecular complexity index is 960. The molecule has 6 heteroatoms. The molecule has 1 fully saturated rings. The first-order valence-corrected chi connectivity index (χ1v) is 9.98. The lowest BCUT2D eigenvalue weighted by atomic mass is 9.83. The normalized spacial score (nSPS) is 18.9. The van der Waals surface area contributed by atoms with Gasteiger partial charge in [-0.1, -0.05) is 30.3 Å². The minimum absolute atomic E-state index is 0.280. The van der Waals surface area contributed by atoms with Gasteiger partial charge in [0.25, 0.3) is 0 Å². The Hall–Kier alpha value is -2.57. The first-order chi connectivity index (χ1) is 13.7. The second-order valence-corrected chi connectivity index (χ2v) is 7.76. The van der Waals surface area contributed by atoms with Crippen molar-refractivity contribution in [2.75, 3.05) is 19.7 Å². The molecule has 3 aromatic rings. The molecule has 2 aliphatic rings. The van der Waals surface area contributed by atoms with Crippen LogP contribution in [0.25, 0.3) is 11.4 Å². The van der Waals surface area contributed by atoms with E-state index >= 15 is 0 Å². The molecule has 6 nitrogen and oxygen atoms in total. The molecule has 0 saturated carbocycles. The summed E-state index contributed by atoms with van der Waals surface area (Å²) in [7, 11) is 2.05. The van der Waals surface area contributed by atoms with E-state index in [0.29, 0.717) is 0 Å². The second-order valence-electron chi connectivity index (χ2n) is 7.76. The van der Waals surface area contributed by atoms with Gasteiger partial charge in [-0.3, -0.25) is 4.90 Å². The van der Waals surface area contributed by atoms with Crippen LogP contribution in [0.4, 0.5) is 0 Å². The molecule has 0 atom stereocenters. The van der Waals surface area contributed by atoms with Gasteiger partial charge in [0, 0.05) is 44.3 Å². The summed E-state index contributed by atoms with van der Waals surface area (Å²) in [4.78, 5) is 16.6. The van der Waals surface area contributed by atoms with Crippen LogP contribution in [0.5, 0.6) is 0 Å². The molecule has 4 heterocycles. The van der Waals surface area contributed by atoms with Crippen molar-refractivity contribution in [2.45, 2.75) is 31.4 Å². The molecule has 1 aromatic carbocycles. The Morgan fingerprint density at radius 1 is 1.11 bits per heavy atom. The summed E-state index contributed by atoms with van der Waals surface area (Å²) < 4.78 is 8.49. The maximum Gasteiger partial charge on any atom is 0.159 e. The molecular weight excluding hydrogens is 350 g/mol. The number of aryl methyl sites for hydroxylation is 1. The average molecular weight is 375 g/mol. The van der Waals surface area contributed by atoms with Gasteiger partial charge in [0.15, 0.2) is 5.82 Å². The van der Waals surface area contributed by atoms with Crippen LogP contribution in [0.15, 0.2) is 48.9 Å². The second kappa shape index (κ2) is 7.11. The first-order valence-electron chi connectivity index (χ1n) is 9.98. The predicted molar refractivity (Wildman–Crippen MR) is 107 cm³/mol. The van der Waals surface area contributed by atoms with Gasteiger partial charge in [0.05, 0.1) is 18.8 Å². The third-order valence-corrected chi connectivity index (χ3v) is 6.03. The summed E-state index contributed by atoms with van der Waals surface area (Å²) >= 11 is 0. The Balaban J connectivity index is 1.39. The number of hydrogen-bond donors (Lipinski definition) is 0. The van der Waals surface area contributed by atoms with E-state index in [4.69, 9.17) is 9.72 Å². The van der Waals surface area contributed by atoms with Gasteiger partial charge in [-0.2, -0.15) is 0 Å². The number of hydrogen-bond acceptors (Lipinski definition) is 5. The molecule has 0 aliphatic carbocycles. The van der Waals surface area contributed by atoms with E-state index in [2.05, 4.69) is 38.6 Å². The largest absolute Gasteiger partial charge is 0.368 e. The van der Waals surface area contributed by atoms with Crippen LogP contribution >= 0.6 is 0 Å². The SMILES string of the molecule is Cn1ccnc1CN1CCC2(CC1)OCCc1cnc(-c3ccccc3)nc12. The summed E-state index contributed by atoms with van der Waals surface area (Å²) in [6, 6.07) is 10.2. The standard InChI is InChI=1S/C22H25N5O/c1-26-13-10-23-19(26)16-27-11-8-22(9-12-27)20-18(7-14-28-22)15-24-21(25-20)17-5-3-2-4-6-17/h2-6,10,13,15H,7-9,11-12,14,16H2,1H3. The maximum absolute atomic E-state index is 6.39. The molecule has 1 spiro atoms. The lowest BCUT2D eigenvalue weighted by Crippen LogP contribution is -2.47. The summed E-state index contributed by atoms with van der Waals surface area (Å²) in [5, 5.41) is 0. The topological polar surface area (TPSA) is 56.1 Å². The van der Waals surface area contributed by atoms with Crippen molar-refractivity contribution in [2.24, 2.45) is 7.05 Å². The highest BCUT2D eigenvalue weighted by atomic mass is 16.5. The van der Waals surface area contributed by atoms with Crippen LogP contribution in [0, 0.1) is 0 Å². The van der Waals surface area contributed by atoms with Crippen LogP contribution < -0.4 is 0 Å². The molecule has 0 radical (unpaired) electrons. The fourth-order valence-electron chi connectivity index (χ4n) is 4.34. The highest BCUT2D eigenvalue weighted by Gasteiger charge is 2.42. The van der Waals surface area contributed by atoms with Crippen molar-refractivity contribution < 1.29 is 4.74 Å². The molecule has 5 rings (SSSR count). The Labute approximate surface area is 165 Å². The number of fused-ring (bicyclic) bond motifs is 2. The zero-order chi connectivity index (χ0) is 19.0. The molecule has 2 aromatic heterocycles. The smallest absolute Gasteiger partial charge is 0.159 e. The number of benzene rings is 1. The Morgan fingerprint density at radius 3 is 2.68 bits per heavy atom. The highest BCUT2D eigenvalue weighted by molar-refractivity contribution is 5.55. The van der Waals surface area contributed by atoms with E-state index < -0.39 is 0 Å². The lowest BCUT2D eigenvalue weighted by Gasteiger charge is -2.44. The van der Waals surface area contributed by atoms with Crippen molar-refractivity contribution in [3.8, 4) is 11.4 Å². The molecule has 2 aliphatic heterocycles. The summed E-state index contributed by atoms with van der Waals surface area (Å²) in [5.74, 6) is 1.90. The molecule has 1 saturated heterocycles. The lowest BCUT2D eigenvalue weighted by molar-refractivity contribution is -0.102. The van der Waals surface area contributed by atoms with Gasteiger partial charge < -0.3 is 9.30 Å². The fourth-order valence-corrected chi connectivity index (χ4v) is 4.34. The van der Waals surface area contributed by atoms with Crippen molar-refractivity contribution in [3.63, 3.8) is 0 Å². The number of piperidine rings is 1. The summed E-state index contributed by atoms with van der Waals surface area (Å²) in [6.07, 6.45) is 8.68. The zero-order valence-electron chi connectivity index (χ0n) is 16.2. The van der Waals surface area contributed by atoms with Crippen LogP contribution in [-0.4, -0.2) is 44.1 Å². The van der Waals surface area contributed by atoms with Crippen molar-refractivity contribution >= 4 is 0 Å². The minimum atomic E-state index is -0.280. The van der Waals surface area contributed by atoms with Crippen LogP contribution in [-0.2, 0) is 30.4 Å². The van der Waals surface area contributed by atoms with E-state index in [1.54, 1.807) is 0 Å². The number of aromatic nitrogens is 4. The summed E-state index contributed by atoms with van der Waals surface area (Å²) in [5.41, 5.74) is 3.11. The Morgan fingerprint density at radius 2 is 1.93 bits per heavy atom. The van der Waals surface area contributed by atoms with E-state index in [1.807, 2.05) is 36.8 Å². The molecule has 0 amide bonds. The third-order valence-electron chi connectivity index (χ3n) is 6.03. The molecule has 0 bridgehead atoms. The van der Waals surface area contributed by atoms with Crippen molar-refractivity contribution in [1.29, 1.82) is 0 Å². The van der Waals surface area contributed by atoms with E-state index in [0.717, 1.165) is 68.4 Å². The zero-order valence-corrected chi connectivity index (χ0v) is 16.2. The predicted octanol–water partition coefficient (Wildman–Crippen LogP) is 2.94. The maximum atomic E-state index is 6.39. The molecular formula is C22H25N5O. The van der Waals surface area contributed by atoms with Gasteiger partial charge in [-0.05, 0) is 24.8 Å². The van der Waals surface area contributed by atoms with Gasteiger partial charge >= 0.3 is 0 Å². The minimum Gasteiger partial charge on any atom is -0.368 e. The Kier molecular flexibility index (Phi) is 4.45. The fraction of sp³-hybridized carbons (Fsp3) is 0.409. The van der Waals surface area contributed by atoms with E-state index in [1.165, 1.54) is 5.56 Å². The van der Waals surface area contributed by atoms with Gasteiger partial charge in [0.1, 0.15) is 11.4 Å². The van der Waals surface area contributed by atoms with E-state index in [9.17, 15) is 0 Å². The molecule has 0 unspecified atom stereocenters. The quantitative estimate of drug-likeness (QED) is 0.704. The van der Waals surface area contributed by atoms with Gasteiger partial charge in [-0.15, -0.1) is 0 Å². The first kappa shape index (κ1) is 17.5. The molecule has 144 valence electrons. The van der Waals surface area contributed by atoms with E-state index in [-0.39, 0.29) is 5.60 Å².